The molecule has 27 heavy (non-hydrogen) atoms. The summed E-state index contributed by atoms with van der Waals surface area (Å²) in [5.74, 6) is 0.167. The fourth-order valence-corrected chi connectivity index (χ4v) is 3.19. The molecule has 1 N–H and O–H groups in total. The zero-order valence-corrected chi connectivity index (χ0v) is 14.8. The lowest BCUT2D eigenvalue weighted by Crippen LogP contribution is -2.20. The van der Waals surface area contributed by atoms with Crippen LogP contribution >= 0.6 is 11.6 Å². The van der Waals surface area contributed by atoms with E-state index in [1.165, 1.54) is 18.5 Å². The molecule has 4 aromatic rings. The maximum absolute atomic E-state index is 14.2. The van der Waals surface area contributed by atoms with Crippen LogP contribution in [-0.4, -0.2) is 15.0 Å². The van der Waals surface area contributed by atoms with Crippen LogP contribution in [0.15, 0.2) is 71.9 Å². The Hall–Kier alpha value is -3.25. The van der Waals surface area contributed by atoms with Crippen molar-refractivity contribution in [1.29, 1.82) is 0 Å². The highest BCUT2D eigenvalue weighted by Crippen LogP contribution is 2.29. The third-order valence-corrected chi connectivity index (χ3v) is 4.44. The summed E-state index contributed by atoms with van der Waals surface area (Å²) < 4.78 is 14.2. The third kappa shape index (κ3) is 3.52. The van der Waals surface area contributed by atoms with Gasteiger partial charge in [-0.15, -0.1) is 0 Å². The number of H-pyrrole nitrogens is 1. The van der Waals surface area contributed by atoms with E-state index >= 15 is 0 Å². The average Bonchev–Trinajstić information content (AvgIpc) is 2.67. The first-order valence-corrected chi connectivity index (χ1v) is 8.59. The number of nitrogens with one attached hydrogen (secondary N) is 1. The minimum atomic E-state index is -0.470. The van der Waals surface area contributed by atoms with E-state index < -0.39 is 5.82 Å². The number of hydrogen-bond acceptors (Lipinski definition) is 4. The van der Waals surface area contributed by atoms with Crippen LogP contribution in [0.3, 0.4) is 0 Å². The SMILES string of the molecule is O=c1cc(CN(c2cccc(Cl)c2)c2ccncn2)c2cccc(F)c2[nH]1. The van der Waals surface area contributed by atoms with Gasteiger partial charge in [0.05, 0.1) is 12.1 Å². The fourth-order valence-electron chi connectivity index (χ4n) is 3.01. The zero-order valence-electron chi connectivity index (χ0n) is 14.1. The molecule has 0 radical (unpaired) electrons. The molecule has 0 saturated carbocycles. The van der Waals surface area contributed by atoms with Crippen molar-refractivity contribution in [2.75, 3.05) is 4.90 Å². The van der Waals surface area contributed by atoms with Crippen LogP contribution in [0.1, 0.15) is 5.56 Å². The molecule has 0 saturated heterocycles. The molecule has 0 aliphatic heterocycles. The van der Waals surface area contributed by atoms with Crippen molar-refractivity contribution in [1.82, 2.24) is 15.0 Å². The van der Waals surface area contributed by atoms with Crippen LogP contribution in [0.25, 0.3) is 10.9 Å². The molecule has 7 heteroatoms. The molecule has 5 nitrogen and oxygen atoms in total. The summed E-state index contributed by atoms with van der Waals surface area (Å²) in [7, 11) is 0. The number of aromatic nitrogens is 3. The van der Waals surface area contributed by atoms with Gasteiger partial charge in [-0.2, -0.15) is 0 Å². The van der Waals surface area contributed by atoms with Gasteiger partial charge in [-0.3, -0.25) is 4.79 Å². The van der Waals surface area contributed by atoms with Crippen LogP contribution in [0, 0.1) is 5.82 Å². The number of pyridine rings is 1. The monoisotopic (exact) mass is 380 g/mol. The van der Waals surface area contributed by atoms with Crippen molar-refractivity contribution in [3.63, 3.8) is 0 Å². The average molecular weight is 381 g/mol. The summed E-state index contributed by atoms with van der Waals surface area (Å²) in [6.07, 6.45) is 3.08. The summed E-state index contributed by atoms with van der Waals surface area (Å²) in [5, 5.41) is 1.21. The van der Waals surface area contributed by atoms with E-state index in [0.29, 0.717) is 28.3 Å². The molecule has 2 aromatic carbocycles. The summed E-state index contributed by atoms with van der Waals surface area (Å²) in [5.41, 5.74) is 1.29. The van der Waals surface area contributed by atoms with Gasteiger partial charge in [0.15, 0.2) is 0 Å². The Balaban J connectivity index is 1.87. The molecule has 0 amide bonds. The predicted octanol–water partition coefficient (Wildman–Crippen LogP) is 4.45. The molecule has 0 bridgehead atoms. The summed E-state index contributed by atoms with van der Waals surface area (Å²) in [4.78, 5) is 24.8. The normalized spacial score (nSPS) is 10.9. The van der Waals surface area contributed by atoms with E-state index in [2.05, 4.69) is 15.0 Å². The lowest BCUT2D eigenvalue weighted by Gasteiger charge is -2.24. The molecular formula is C20H14ClFN4O. The summed E-state index contributed by atoms with van der Waals surface area (Å²) in [6.45, 7) is 0.307. The minimum absolute atomic E-state index is 0.189. The molecule has 0 atom stereocenters. The number of rotatable bonds is 4. The standard InChI is InChI=1S/C20H14ClFN4O/c21-14-3-1-4-15(10-14)26(18-7-8-23-12-24-18)11-13-9-19(27)25-20-16(13)5-2-6-17(20)22/h1-10,12H,11H2,(H,25,27). The van der Waals surface area contributed by atoms with Gasteiger partial charge in [0, 0.05) is 28.4 Å². The molecule has 0 aliphatic carbocycles. The molecular weight excluding hydrogens is 367 g/mol. The summed E-state index contributed by atoms with van der Waals surface area (Å²) in [6, 6.07) is 15.3. The Morgan fingerprint density at radius 3 is 2.74 bits per heavy atom. The van der Waals surface area contributed by atoms with E-state index in [1.54, 1.807) is 36.5 Å². The smallest absolute Gasteiger partial charge is 0.248 e. The van der Waals surface area contributed by atoms with Crippen LogP contribution < -0.4 is 10.5 Å². The maximum Gasteiger partial charge on any atom is 0.248 e. The molecule has 0 aliphatic rings. The predicted molar refractivity (Wildman–Crippen MR) is 104 cm³/mol. The van der Waals surface area contributed by atoms with E-state index in [4.69, 9.17) is 11.6 Å². The van der Waals surface area contributed by atoms with Crippen molar-refractivity contribution in [3.8, 4) is 0 Å². The van der Waals surface area contributed by atoms with Gasteiger partial charge in [-0.1, -0.05) is 29.8 Å². The highest BCUT2D eigenvalue weighted by molar-refractivity contribution is 6.30. The zero-order chi connectivity index (χ0) is 18.8. The Morgan fingerprint density at radius 2 is 1.96 bits per heavy atom. The first-order chi connectivity index (χ1) is 13.1. The van der Waals surface area contributed by atoms with Gasteiger partial charge in [-0.25, -0.2) is 14.4 Å². The van der Waals surface area contributed by atoms with Crippen LogP contribution in [0.2, 0.25) is 5.02 Å². The van der Waals surface area contributed by atoms with E-state index in [9.17, 15) is 9.18 Å². The Bertz CT molecular complexity index is 1160. The number of benzene rings is 2. The lowest BCUT2D eigenvalue weighted by atomic mass is 10.1. The van der Waals surface area contributed by atoms with Crippen molar-refractivity contribution in [2.24, 2.45) is 0 Å². The number of anilines is 2. The van der Waals surface area contributed by atoms with Crippen LogP contribution in [0.5, 0.6) is 0 Å². The Labute approximate surface area is 159 Å². The second kappa shape index (κ2) is 7.17. The minimum Gasteiger partial charge on any atom is -0.322 e. The summed E-state index contributed by atoms with van der Waals surface area (Å²) >= 11 is 6.16. The first-order valence-electron chi connectivity index (χ1n) is 8.21. The highest BCUT2D eigenvalue weighted by Gasteiger charge is 2.15. The molecule has 0 spiro atoms. The quantitative estimate of drug-likeness (QED) is 0.568. The van der Waals surface area contributed by atoms with Crippen LogP contribution in [0.4, 0.5) is 15.9 Å². The van der Waals surface area contributed by atoms with Gasteiger partial charge in [-0.05, 0) is 35.9 Å². The third-order valence-electron chi connectivity index (χ3n) is 4.20. The molecule has 134 valence electrons. The first kappa shape index (κ1) is 17.2. The fraction of sp³-hybridized carbons (Fsp3) is 0.0500. The van der Waals surface area contributed by atoms with Gasteiger partial charge >= 0.3 is 0 Å². The van der Waals surface area contributed by atoms with Crippen molar-refractivity contribution >= 4 is 34.0 Å². The maximum atomic E-state index is 14.2. The number of fused-ring (bicyclic) bond motifs is 1. The van der Waals surface area contributed by atoms with E-state index in [1.807, 2.05) is 17.0 Å². The second-order valence-corrected chi connectivity index (χ2v) is 6.39. The molecule has 4 rings (SSSR count). The number of aromatic amines is 1. The van der Waals surface area contributed by atoms with E-state index in [0.717, 1.165) is 5.69 Å². The van der Waals surface area contributed by atoms with Crippen molar-refractivity contribution in [3.05, 3.63) is 93.9 Å². The van der Waals surface area contributed by atoms with E-state index in [-0.39, 0.29) is 11.1 Å². The van der Waals surface area contributed by atoms with Crippen molar-refractivity contribution in [2.45, 2.75) is 6.54 Å². The Morgan fingerprint density at radius 1 is 1.11 bits per heavy atom. The largest absolute Gasteiger partial charge is 0.322 e. The Kier molecular flexibility index (Phi) is 4.56. The van der Waals surface area contributed by atoms with Gasteiger partial charge in [0.1, 0.15) is 18.0 Å². The van der Waals surface area contributed by atoms with Gasteiger partial charge < -0.3 is 9.88 Å². The second-order valence-electron chi connectivity index (χ2n) is 5.95. The van der Waals surface area contributed by atoms with Gasteiger partial charge in [0.2, 0.25) is 5.56 Å². The molecule has 0 unspecified atom stereocenters. The lowest BCUT2D eigenvalue weighted by molar-refractivity contribution is 0.636. The molecule has 2 heterocycles. The van der Waals surface area contributed by atoms with Crippen LogP contribution in [-0.2, 0) is 6.54 Å². The number of hydrogen-bond donors (Lipinski definition) is 1. The highest BCUT2D eigenvalue weighted by atomic mass is 35.5. The molecule has 0 fully saturated rings. The number of para-hydroxylation sites is 1. The van der Waals surface area contributed by atoms with Gasteiger partial charge in [0.25, 0.3) is 0 Å². The number of nitrogens with zero attached hydrogens (tertiary/aromatic N) is 3. The van der Waals surface area contributed by atoms with Crippen molar-refractivity contribution < 1.29 is 4.39 Å². The number of halogens is 2. The molecule has 2 aromatic heterocycles. The topological polar surface area (TPSA) is 61.9 Å².